The molecule has 3 N–H and O–H groups in total. The molecule has 0 spiro atoms. The first-order valence-corrected chi connectivity index (χ1v) is 7.62. The summed E-state index contributed by atoms with van der Waals surface area (Å²) in [5.74, 6) is 4.76. The third-order valence-corrected chi connectivity index (χ3v) is 3.77. The van der Waals surface area contributed by atoms with Gasteiger partial charge in [-0.2, -0.15) is 5.26 Å². The molecule has 0 bridgehead atoms. The van der Waals surface area contributed by atoms with Crippen LogP contribution in [0.4, 0.5) is 0 Å². The lowest BCUT2D eigenvalue weighted by atomic mass is 9.87. The van der Waals surface area contributed by atoms with Crippen molar-refractivity contribution in [3.63, 3.8) is 0 Å². The molecule has 0 radical (unpaired) electrons. The van der Waals surface area contributed by atoms with E-state index in [4.69, 9.17) is 15.3 Å². The van der Waals surface area contributed by atoms with Gasteiger partial charge in [0, 0.05) is 12.0 Å². The molecular formula is C16H22N4O3. The van der Waals surface area contributed by atoms with Crippen molar-refractivity contribution in [3.05, 3.63) is 22.4 Å². The molecule has 23 heavy (non-hydrogen) atoms. The van der Waals surface area contributed by atoms with Crippen LogP contribution in [-0.4, -0.2) is 23.1 Å². The summed E-state index contributed by atoms with van der Waals surface area (Å²) in [6.07, 6.45) is 2.28. The number of hydrazine groups is 1. The Morgan fingerprint density at radius 1 is 1.52 bits per heavy atom. The minimum absolute atomic E-state index is 0.191. The van der Waals surface area contributed by atoms with Gasteiger partial charge in [0.15, 0.2) is 6.61 Å². The highest BCUT2D eigenvalue weighted by Crippen LogP contribution is 2.35. The van der Waals surface area contributed by atoms with Crippen molar-refractivity contribution in [3.8, 4) is 11.9 Å². The van der Waals surface area contributed by atoms with Gasteiger partial charge in [-0.15, -0.1) is 0 Å². The second-order valence-corrected chi connectivity index (χ2v) is 6.14. The van der Waals surface area contributed by atoms with Gasteiger partial charge in [0.25, 0.3) is 5.91 Å². The van der Waals surface area contributed by atoms with Gasteiger partial charge in [0.1, 0.15) is 11.6 Å². The molecule has 1 amide bonds. The van der Waals surface area contributed by atoms with E-state index in [1.165, 1.54) is 0 Å². The molecule has 0 aromatic carbocycles. The van der Waals surface area contributed by atoms with Crippen LogP contribution in [0.25, 0.3) is 0 Å². The Balaban J connectivity index is 2.48. The highest BCUT2D eigenvalue weighted by atomic mass is 16.5. The van der Waals surface area contributed by atoms with E-state index in [1.807, 2.05) is 19.3 Å². The second-order valence-electron chi connectivity index (χ2n) is 6.14. The van der Waals surface area contributed by atoms with E-state index in [1.54, 1.807) is 0 Å². The number of nitriles is 1. The summed E-state index contributed by atoms with van der Waals surface area (Å²) < 4.78 is 11.3. The fraction of sp³-hybridized carbons (Fsp3) is 0.562. The quantitative estimate of drug-likeness (QED) is 0.478. The zero-order valence-corrected chi connectivity index (χ0v) is 13.7. The molecule has 124 valence electrons. The van der Waals surface area contributed by atoms with Gasteiger partial charge in [-0.25, -0.2) is 10.8 Å². The number of nitrogens with zero attached hydrogens (tertiary/aromatic N) is 2. The number of aryl methyl sites for hydroxylation is 1. The largest absolute Gasteiger partial charge is 0.467 e. The Morgan fingerprint density at radius 2 is 2.26 bits per heavy atom. The molecule has 0 aliphatic carbocycles. The van der Waals surface area contributed by atoms with Crippen molar-refractivity contribution in [2.24, 2.45) is 5.84 Å². The predicted octanol–water partition coefficient (Wildman–Crippen LogP) is 1.13. The number of carbonyl (C=O) groups is 1. The second kappa shape index (κ2) is 6.94. The number of nitrogens with two attached hydrogens (primary N) is 1. The maximum absolute atomic E-state index is 11.3. The van der Waals surface area contributed by atoms with Crippen molar-refractivity contribution in [1.29, 1.82) is 5.26 Å². The lowest BCUT2D eigenvalue weighted by Gasteiger charge is -2.33. The van der Waals surface area contributed by atoms with E-state index in [2.05, 4.69) is 18.0 Å². The number of hydrogen-bond acceptors (Lipinski definition) is 6. The first-order valence-electron chi connectivity index (χ1n) is 7.62. The van der Waals surface area contributed by atoms with Crippen molar-refractivity contribution in [2.45, 2.75) is 52.2 Å². The molecule has 1 aliphatic heterocycles. The van der Waals surface area contributed by atoms with Crippen LogP contribution in [0.2, 0.25) is 0 Å². The molecule has 0 saturated carbocycles. The Labute approximate surface area is 135 Å². The van der Waals surface area contributed by atoms with Crippen LogP contribution >= 0.6 is 0 Å². The zero-order chi connectivity index (χ0) is 17.0. The van der Waals surface area contributed by atoms with E-state index < -0.39 is 5.91 Å². The molecule has 0 fully saturated rings. The smallest absolute Gasteiger partial charge is 0.271 e. The molecule has 1 aromatic heterocycles. The Bertz CT molecular complexity index is 650. The molecular weight excluding hydrogens is 296 g/mol. The van der Waals surface area contributed by atoms with Gasteiger partial charge < -0.3 is 9.47 Å². The van der Waals surface area contributed by atoms with Gasteiger partial charge >= 0.3 is 0 Å². The summed E-state index contributed by atoms with van der Waals surface area (Å²) in [4.78, 5) is 15.8. The Hall–Kier alpha value is -2.17. The normalized spacial score (nSPS) is 15.4. The number of aromatic nitrogens is 1. The summed E-state index contributed by atoms with van der Waals surface area (Å²) in [5, 5.41) is 9.55. The van der Waals surface area contributed by atoms with Crippen LogP contribution in [0.1, 0.15) is 49.6 Å². The average molecular weight is 318 g/mol. The van der Waals surface area contributed by atoms with Crippen molar-refractivity contribution in [1.82, 2.24) is 10.4 Å². The van der Waals surface area contributed by atoms with Crippen LogP contribution in [0.3, 0.4) is 0 Å². The van der Waals surface area contributed by atoms with E-state index in [-0.39, 0.29) is 18.1 Å². The number of rotatable bonds is 5. The van der Waals surface area contributed by atoms with E-state index in [0.29, 0.717) is 18.6 Å². The monoisotopic (exact) mass is 318 g/mol. The number of ether oxygens (including phenoxy) is 2. The van der Waals surface area contributed by atoms with E-state index >= 15 is 0 Å². The predicted molar refractivity (Wildman–Crippen MR) is 83.3 cm³/mol. The van der Waals surface area contributed by atoms with Crippen LogP contribution in [0.15, 0.2) is 0 Å². The summed E-state index contributed by atoms with van der Waals surface area (Å²) in [5.41, 5.74) is 4.76. The number of fused-ring (bicyclic) bond motifs is 1. The topological polar surface area (TPSA) is 110 Å². The average Bonchev–Trinajstić information content (AvgIpc) is 2.51. The van der Waals surface area contributed by atoms with Crippen LogP contribution in [0, 0.1) is 11.3 Å². The maximum atomic E-state index is 11.3. The molecule has 0 unspecified atom stereocenters. The summed E-state index contributed by atoms with van der Waals surface area (Å²) in [6, 6.07) is 2.17. The molecule has 0 atom stereocenters. The number of carbonyl (C=O) groups excluding carboxylic acids is 1. The third kappa shape index (κ3) is 3.78. The standard InChI is InChI=1S/C16H22N4O3/c1-4-5-13-12-8-23-16(2,3)6-10(12)11(7-17)15(19-13)22-9-14(21)20-18/h4-6,8-9,18H2,1-3H3,(H,20,21). The Morgan fingerprint density at radius 3 is 2.87 bits per heavy atom. The molecule has 7 nitrogen and oxygen atoms in total. The van der Waals surface area contributed by atoms with Crippen molar-refractivity contribution >= 4 is 5.91 Å². The van der Waals surface area contributed by atoms with Gasteiger partial charge in [-0.3, -0.25) is 10.2 Å². The van der Waals surface area contributed by atoms with Crippen LogP contribution in [-0.2, 0) is 29.0 Å². The van der Waals surface area contributed by atoms with Crippen LogP contribution < -0.4 is 16.0 Å². The molecule has 7 heteroatoms. The van der Waals surface area contributed by atoms with Crippen molar-refractivity contribution in [2.75, 3.05) is 6.61 Å². The lowest BCUT2D eigenvalue weighted by Crippen LogP contribution is -2.35. The fourth-order valence-corrected chi connectivity index (χ4v) is 2.65. The maximum Gasteiger partial charge on any atom is 0.271 e. The van der Waals surface area contributed by atoms with Crippen molar-refractivity contribution < 1.29 is 14.3 Å². The van der Waals surface area contributed by atoms with Gasteiger partial charge in [0.2, 0.25) is 5.88 Å². The van der Waals surface area contributed by atoms with E-state index in [0.717, 1.165) is 29.7 Å². The van der Waals surface area contributed by atoms with E-state index in [9.17, 15) is 10.1 Å². The van der Waals surface area contributed by atoms with Gasteiger partial charge in [-0.05, 0) is 25.8 Å². The number of pyridine rings is 1. The molecule has 2 heterocycles. The molecule has 1 aromatic rings. The summed E-state index contributed by atoms with van der Waals surface area (Å²) in [7, 11) is 0. The minimum atomic E-state index is -0.478. The number of amides is 1. The summed E-state index contributed by atoms with van der Waals surface area (Å²) >= 11 is 0. The minimum Gasteiger partial charge on any atom is -0.467 e. The molecule has 1 aliphatic rings. The number of nitrogens with one attached hydrogen (secondary N) is 1. The summed E-state index contributed by atoms with van der Waals surface area (Å²) in [6.45, 7) is 6.19. The number of hydrogen-bond donors (Lipinski definition) is 2. The van der Waals surface area contributed by atoms with Crippen LogP contribution in [0.5, 0.6) is 5.88 Å². The fourth-order valence-electron chi connectivity index (χ4n) is 2.65. The van der Waals surface area contributed by atoms with Gasteiger partial charge in [0.05, 0.1) is 17.9 Å². The first kappa shape index (κ1) is 17.2. The lowest BCUT2D eigenvalue weighted by molar-refractivity contribution is -0.123. The van der Waals surface area contributed by atoms with Gasteiger partial charge in [-0.1, -0.05) is 13.3 Å². The highest BCUT2D eigenvalue weighted by molar-refractivity contribution is 5.76. The first-order chi connectivity index (χ1) is 10.9. The molecule has 0 saturated heterocycles. The third-order valence-electron chi connectivity index (χ3n) is 3.77. The molecule has 2 rings (SSSR count). The highest BCUT2D eigenvalue weighted by Gasteiger charge is 2.32. The zero-order valence-electron chi connectivity index (χ0n) is 13.7. The Kier molecular flexibility index (Phi) is 5.19. The SMILES string of the molecule is CCCc1nc(OCC(=O)NN)c(C#N)c2c1COC(C)(C)C2.